The van der Waals surface area contributed by atoms with E-state index in [-0.39, 0.29) is 11.4 Å². The lowest BCUT2D eigenvalue weighted by atomic mass is 10.1. The van der Waals surface area contributed by atoms with Crippen LogP contribution in [-0.2, 0) is 0 Å². The number of ether oxygens (including phenoxy) is 2. The summed E-state index contributed by atoms with van der Waals surface area (Å²) in [5.41, 5.74) is 8.10. The van der Waals surface area contributed by atoms with Crippen LogP contribution < -0.4 is 15.2 Å². The molecule has 0 fully saturated rings. The molecule has 2 aromatic rings. The fraction of sp³-hybridized carbons (Fsp3) is 0.200. The van der Waals surface area contributed by atoms with Gasteiger partial charge in [-0.25, -0.2) is 4.39 Å². The molecule has 0 spiro atoms. The van der Waals surface area contributed by atoms with E-state index in [9.17, 15) is 4.39 Å². The van der Waals surface area contributed by atoms with Crippen molar-refractivity contribution in [2.24, 2.45) is 0 Å². The molecule has 2 rings (SSSR count). The summed E-state index contributed by atoms with van der Waals surface area (Å²) in [5.74, 6) is 0.542. The van der Waals surface area contributed by atoms with E-state index < -0.39 is 5.82 Å². The molecule has 0 aliphatic rings. The van der Waals surface area contributed by atoms with Crippen LogP contribution in [0.3, 0.4) is 0 Å². The highest BCUT2D eigenvalue weighted by Gasteiger charge is 2.10. The van der Waals surface area contributed by atoms with Crippen molar-refractivity contribution in [2.45, 2.75) is 13.8 Å². The molecule has 19 heavy (non-hydrogen) atoms. The smallest absolute Gasteiger partial charge is 0.168 e. The zero-order valence-electron chi connectivity index (χ0n) is 11.2. The predicted octanol–water partition coefficient (Wildman–Crippen LogP) is 3.83. The summed E-state index contributed by atoms with van der Waals surface area (Å²) >= 11 is 0. The summed E-state index contributed by atoms with van der Waals surface area (Å²) in [7, 11) is 1.48. The minimum atomic E-state index is -0.517. The number of nitrogens with two attached hydrogens (primary N) is 1. The summed E-state index contributed by atoms with van der Waals surface area (Å²) in [4.78, 5) is 0. The largest absolute Gasteiger partial charge is 0.494 e. The third-order valence-corrected chi connectivity index (χ3v) is 2.99. The average molecular weight is 261 g/mol. The Morgan fingerprint density at radius 3 is 2.37 bits per heavy atom. The Morgan fingerprint density at radius 2 is 1.74 bits per heavy atom. The van der Waals surface area contributed by atoms with E-state index in [1.807, 2.05) is 26.0 Å². The highest BCUT2D eigenvalue weighted by atomic mass is 19.1. The second-order valence-corrected chi connectivity index (χ2v) is 4.37. The third-order valence-electron chi connectivity index (χ3n) is 2.99. The van der Waals surface area contributed by atoms with Gasteiger partial charge >= 0.3 is 0 Å². The van der Waals surface area contributed by atoms with Crippen molar-refractivity contribution in [3.8, 4) is 17.2 Å². The number of nitrogen functional groups attached to an aromatic ring is 1. The lowest BCUT2D eigenvalue weighted by Gasteiger charge is -2.11. The van der Waals surface area contributed by atoms with Gasteiger partial charge in [-0.2, -0.15) is 0 Å². The predicted molar refractivity (Wildman–Crippen MR) is 73.4 cm³/mol. The molecule has 100 valence electrons. The van der Waals surface area contributed by atoms with Gasteiger partial charge < -0.3 is 15.2 Å². The third kappa shape index (κ3) is 2.78. The van der Waals surface area contributed by atoms with E-state index >= 15 is 0 Å². The van der Waals surface area contributed by atoms with Crippen molar-refractivity contribution in [1.29, 1.82) is 0 Å². The second kappa shape index (κ2) is 5.18. The average Bonchev–Trinajstić information content (AvgIpc) is 2.37. The van der Waals surface area contributed by atoms with E-state index in [1.54, 1.807) is 6.07 Å². The van der Waals surface area contributed by atoms with Gasteiger partial charge in [0.1, 0.15) is 11.5 Å². The van der Waals surface area contributed by atoms with Gasteiger partial charge in [-0.3, -0.25) is 0 Å². The van der Waals surface area contributed by atoms with Gasteiger partial charge in [0.25, 0.3) is 0 Å². The summed E-state index contributed by atoms with van der Waals surface area (Å²) < 4.78 is 24.4. The van der Waals surface area contributed by atoms with Crippen molar-refractivity contribution in [3.05, 3.63) is 47.3 Å². The number of hydrogen-bond acceptors (Lipinski definition) is 3. The number of halogens is 1. The molecule has 0 heterocycles. The Labute approximate surface area is 111 Å². The van der Waals surface area contributed by atoms with Crippen LogP contribution in [0.4, 0.5) is 10.1 Å². The van der Waals surface area contributed by atoms with Crippen LogP contribution in [0.25, 0.3) is 0 Å². The van der Waals surface area contributed by atoms with Crippen LogP contribution >= 0.6 is 0 Å². The van der Waals surface area contributed by atoms with Crippen molar-refractivity contribution in [3.63, 3.8) is 0 Å². The molecular weight excluding hydrogens is 245 g/mol. The van der Waals surface area contributed by atoms with E-state index in [1.165, 1.54) is 19.2 Å². The fourth-order valence-corrected chi connectivity index (χ4v) is 1.71. The summed E-state index contributed by atoms with van der Waals surface area (Å²) in [6, 6.07) is 8.22. The highest BCUT2D eigenvalue weighted by molar-refractivity contribution is 5.56. The highest BCUT2D eigenvalue weighted by Crippen LogP contribution is 2.33. The first-order valence-corrected chi connectivity index (χ1v) is 5.89. The number of hydrogen-bond donors (Lipinski definition) is 1. The number of aryl methyl sites for hydroxylation is 2. The molecule has 0 bridgehead atoms. The zero-order valence-corrected chi connectivity index (χ0v) is 11.2. The van der Waals surface area contributed by atoms with Gasteiger partial charge in [-0.1, -0.05) is 6.07 Å². The quantitative estimate of drug-likeness (QED) is 0.854. The number of rotatable bonds is 3. The van der Waals surface area contributed by atoms with E-state index in [2.05, 4.69) is 0 Å². The summed E-state index contributed by atoms with van der Waals surface area (Å²) in [5, 5.41) is 0. The molecule has 2 N–H and O–H groups in total. The molecule has 0 radical (unpaired) electrons. The molecule has 0 aliphatic heterocycles. The lowest BCUT2D eigenvalue weighted by Crippen LogP contribution is -1.96. The SMILES string of the molecule is COc1cc(Oc2ccc(C)c(C)c2)c(F)cc1N. The first-order chi connectivity index (χ1) is 9.01. The Morgan fingerprint density at radius 1 is 1.00 bits per heavy atom. The fourth-order valence-electron chi connectivity index (χ4n) is 1.71. The molecule has 3 nitrogen and oxygen atoms in total. The van der Waals surface area contributed by atoms with Gasteiger partial charge in [0.2, 0.25) is 0 Å². The molecule has 0 unspecified atom stereocenters. The van der Waals surface area contributed by atoms with E-state index in [4.69, 9.17) is 15.2 Å². The van der Waals surface area contributed by atoms with Gasteiger partial charge in [-0.15, -0.1) is 0 Å². The van der Waals surface area contributed by atoms with Crippen molar-refractivity contribution < 1.29 is 13.9 Å². The minimum Gasteiger partial charge on any atom is -0.494 e. The number of methoxy groups -OCH3 is 1. The van der Waals surface area contributed by atoms with Crippen molar-refractivity contribution in [1.82, 2.24) is 0 Å². The van der Waals surface area contributed by atoms with Crippen LogP contribution in [0.1, 0.15) is 11.1 Å². The molecule has 0 saturated heterocycles. The van der Waals surface area contributed by atoms with Gasteiger partial charge in [0, 0.05) is 12.1 Å². The van der Waals surface area contributed by atoms with Gasteiger partial charge in [0.05, 0.1) is 12.8 Å². The first kappa shape index (κ1) is 13.2. The van der Waals surface area contributed by atoms with E-state index in [0.717, 1.165) is 11.1 Å². The van der Waals surface area contributed by atoms with E-state index in [0.29, 0.717) is 11.5 Å². The monoisotopic (exact) mass is 261 g/mol. The molecule has 2 aromatic carbocycles. The maximum atomic E-state index is 13.8. The molecule has 0 amide bonds. The number of anilines is 1. The molecule has 0 aliphatic carbocycles. The topological polar surface area (TPSA) is 44.5 Å². The molecule has 4 heteroatoms. The zero-order chi connectivity index (χ0) is 14.0. The second-order valence-electron chi connectivity index (χ2n) is 4.37. The van der Waals surface area contributed by atoms with Crippen molar-refractivity contribution >= 4 is 5.69 Å². The maximum absolute atomic E-state index is 13.8. The van der Waals surface area contributed by atoms with Gasteiger partial charge in [0.15, 0.2) is 11.6 Å². The van der Waals surface area contributed by atoms with Gasteiger partial charge in [-0.05, 0) is 37.1 Å². The Kier molecular flexibility index (Phi) is 3.60. The van der Waals surface area contributed by atoms with Crippen LogP contribution in [0.5, 0.6) is 17.2 Å². The van der Waals surface area contributed by atoms with Crippen LogP contribution in [-0.4, -0.2) is 7.11 Å². The lowest BCUT2D eigenvalue weighted by molar-refractivity contribution is 0.403. The first-order valence-electron chi connectivity index (χ1n) is 5.89. The molecule has 0 aromatic heterocycles. The molecule has 0 atom stereocenters. The number of benzene rings is 2. The Hall–Kier alpha value is -2.23. The van der Waals surface area contributed by atoms with Crippen LogP contribution in [0.15, 0.2) is 30.3 Å². The standard InChI is InChI=1S/C15H16FNO2/c1-9-4-5-11(6-10(9)2)19-14-8-15(18-3)13(17)7-12(14)16/h4-8H,17H2,1-3H3. The minimum absolute atomic E-state index is 0.0919. The molecular formula is C15H16FNO2. The normalized spacial score (nSPS) is 10.3. The summed E-state index contributed by atoms with van der Waals surface area (Å²) in [6.07, 6.45) is 0. The maximum Gasteiger partial charge on any atom is 0.168 e. The van der Waals surface area contributed by atoms with Crippen molar-refractivity contribution in [2.75, 3.05) is 12.8 Å². The van der Waals surface area contributed by atoms with Crippen LogP contribution in [0, 0.1) is 19.7 Å². The molecule has 0 saturated carbocycles. The Bertz CT molecular complexity index is 611. The van der Waals surface area contributed by atoms with Crippen LogP contribution in [0.2, 0.25) is 0 Å². The summed E-state index contributed by atoms with van der Waals surface area (Å²) in [6.45, 7) is 3.98. The Balaban J connectivity index is 2.34.